The zero-order chi connectivity index (χ0) is 20.8. The third kappa shape index (κ3) is 10.2. The molecule has 28 heavy (non-hydrogen) atoms. The van der Waals surface area contributed by atoms with Crippen LogP contribution in [0.4, 0.5) is 11.4 Å². The zero-order valence-electron chi connectivity index (χ0n) is 17.1. The third-order valence-corrected chi connectivity index (χ3v) is 3.99. The predicted molar refractivity (Wildman–Crippen MR) is 122 cm³/mol. The molecule has 0 atom stereocenters. The highest BCUT2D eigenvalue weighted by Crippen LogP contribution is 2.16. The van der Waals surface area contributed by atoms with E-state index in [0.717, 1.165) is 30.6 Å². The van der Waals surface area contributed by atoms with E-state index in [4.69, 9.17) is 22.9 Å². The Hall–Kier alpha value is -3.02. The van der Waals surface area contributed by atoms with Crippen molar-refractivity contribution < 1.29 is 0 Å². The molecule has 0 spiro atoms. The van der Waals surface area contributed by atoms with Gasteiger partial charge in [-0.2, -0.15) is 4.99 Å². The summed E-state index contributed by atoms with van der Waals surface area (Å²) in [5.74, 6) is -0.0222. The van der Waals surface area contributed by atoms with E-state index in [0.29, 0.717) is 0 Å². The van der Waals surface area contributed by atoms with Crippen LogP contribution in [-0.2, 0) is 12.8 Å². The van der Waals surface area contributed by atoms with Crippen molar-refractivity contribution in [2.24, 2.45) is 27.2 Å². The molecule has 0 unspecified atom stereocenters. The highest BCUT2D eigenvalue weighted by Gasteiger charge is 1.96. The van der Waals surface area contributed by atoms with Crippen LogP contribution in [0.5, 0.6) is 0 Å². The fourth-order valence-electron chi connectivity index (χ4n) is 2.58. The molecule has 0 amide bonds. The fourth-order valence-corrected chi connectivity index (χ4v) is 2.58. The number of aryl methyl sites for hydroxylation is 2. The minimum atomic E-state index is -0.0895. The van der Waals surface area contributed by atoms with Gasteiger partial charge in [0.2, 0.25) is 5.96 Å². The monoisotopic (exact) mass is 382 g/mol. The number of anilines is 1. The SMILES string of the molecule is CCCCc1cccc(N)c1.CCCCc1cccc(N=C(N)N=C(N)N)c1. The van der Waals surface area contributed by atoms with Gasteiger partial charge in [0.15, 0.2) is 5.96 Å². The number of hydrogen-bond acceptors (Lipinski definition) is 2. The molecule has 0 bridgehead atoms. The Balaban J connectivity index is 0.000000307. The quantitative estimate of drug-likeness (QED) is 0.329. The maximum atomic E-state index is 5.63. The maximum Gasteiger partial charge on any atom is 0.223 e. The predicted octanol–water partition coefficient (Wildman–Crippen LogP) is 3.86. The van der Waals surface area contributed by atoms with Crippen molar-refractivity contribution in [3.8, 4) is 0 Å². The van der Waals surface area contributed by atoms with Crippen LogP contribution in [0.25, 0.3) is 0 Å². The van der Waals surface area contributed by atoms with Crippen molar-refractivity contribution >= 4 is 23.3 Å². The fraction of sp³-hybridized carbons (Fsp3) is 0.364. The largest absolute Gasteiger partial charge is 0.399 e. The van der Waals surface area contributed by atoms with Crippen LogP contribution in [0.3, 0.4) is 0 Å². The second kappa shape index (κ2) is 13.2. The van der Waals surface area contributed by atoms with E-state index in [1.165, 1.54) is 30.4 Å². The first kappa shape index (κ1) is 23.0. The van der Waals surface area contributed by atoms with Gasteiger partial charge >= 0.3 is 0 Å². The molecule has 6 nitrogen and oxygen atoms in total. The van der Waals surface area contributed by atoms with E-state index >= 15 is 0 Å². The van der Waals surface area contributed by atoms with Gasteiger partial charge in [-0.05, 0) is 61.1 Å². The van der Waals surface area contributed by atoms with Crippen molar-refractivity contribution in [1.82, 2.24) is 0 Å². The lowest BCUT2D eigenvalue weighted by Gasteiger charge is -2.01. The first-order valence-corrected chi connectivity index (χ1v) is 9.81. The molecule has 0 heterocycles. The topological polar surface area (TPSA) is 129 Å². The number of guanidine groups is 2. The Morgan fingerprint density at radius 1 is 0.821 bits per heavy atom. The summed E-state index contributed by atoms with van der Waals surface area (Å²) >= 11 is 0. The number of rotatable bonds is 7. The summed E-state index contributed by atoms with van der Waals surface area (Å²) in [5, 5.41) is 0. The molecule has 152 valence electrons. The molecule has 0 radical (unpaired) electrons. The van der Waals surface area contributed by atoms with Gasteiger partial charge in [-0.1, -0.05) is 51.0 Å². The standard InChI is InChI=1S/C12H19N5.C10H15N/c1-2-3-5-9-6-4-7-10(8-9)16-12(15)17-11(13)14;1-2-3-5-9-6-4-7-10(11)8-9/h4,6-8H,2-3,5H2,1H3,(H6,13,14,15,16,17);4,6-8H,2-3,5,11H2,1H3. The molecule has 0 fully saturated rings. The number of nitrogens with zero attached hydrogens (tertiary/aromatic N) is 2. The van der Waals surface area contributed by atoms with Crippen LogP contribution in [-0.4, -0.2) is 11.9 Å². The second-order valence-corrected chi connectivity index (χ2v) is 6.63. The van der Waals surface area contributed by atoms with Crippen LogP contribution < -0.4 is 22.9 Å². The lowest BCUT2D eigenvalue weighted by atomic mass is 10.1. The summed E-state index contributed by atoms with van der Waals surface area (Å²) in [5.41, 5.74) is 25.8. The average Bonchev–Trinajstić information content (AvgIpc) is 2.65. The molecule has 0 saturated carbocycles. The number of unbranched alkanes of at least 4 members (excludes halogenated alkanes) is 2. The Morgan fingerprint density at radius 2 is 1.39 bits per heavy atom. The molecule has 6 heteroatoms. The first-order chi connectivity index (χ1) is 13.4. The van der Waals surface area contributed by atoms with E-state index in [1.54, 1.807) is 0 Å². The van der Waals surface area contributed by atoms with Gasteiger partial charge in [0, 0.05) is 5.69 Å². The Kier molecular flexibility index (Phi) is 10.8. The smallest absolute Gasteiger partial charge is 0.223 e. The first-order valence-electron chi connectivity index (χ1n) is 9.81. The summed E-state index contributed by atoms with van der Waals surface area (Å²) in [7, 11) is 0. The van der Waals surface area contributed by atoms with E-state index in [9.17, 15) is 0 Å². The van der Waals surface area contributed by atoms with Gasteiger partial charge in [-0.3, -0.25) is 0 Å². The zero-order valence-corrected chi connectivity index (χ0v) is 17.1. The number of benzene rings is 2. The Labute approximate surface area is 168 Å². The highest BCUT2D eigenvalue weighted by atomic mass is 15.1. The summed E-state index contributed by atoms with van der Waals surface area (Å²) in [4.78, 5) is 7.78. The summed E-state index contributed by atoms with van der Waals surface area (Å²) in [6.45, 7) is 4.37. The summed E-state index contributed by atoms with van der Waals surface area (Å²) in [6, 6.07) is 16.0. The highest BCUT2D eigenvalue weighted by molar-refractivity contribution is 5.93. The van der Waals surface area contributed by atoms with E-state index in [2.05, 4.69) is 42.0 Å². The molecule has 2 aromatic rings. The maximum absolute atomic E-state index is 5.63. The molecule has 0 aromatic heterocycles. The van der Waals surface area contributed by atoms with Crippen LogP contribution >= 0.6 is 0 Å². The molecular weight excluding hydrogens is 348 g/mol. The van der Waals surface area contributed by atoms with Gasteiger partial charge in [-0.15, -0.1) is 0 Å². The average molecular weight is 383 g/mol. The molecule has 2 rings (SSSR count). The number of nitrogens with two attached hydrogens (primary N) is 4. The second-order valence-electron chi connectivity index (χ2n) is 6.63. The third-order valence-electron chi connectivity index (χ3n) is 3.99. The summed E-state index contributed by atoms with van der Waals surface area (Å²) < 4.78 is 0. The van der Waals surface area contributed by atoms with Gasteiger partial charge in [0.1, 0.15) is 0 Å². The molecule has 0 saturated heterocycles. The normalized spacial score (nSPS) is 10.7. The van der Waals surface area contributed by atoms with Gasteiger partial charge in [0.25, 0.3) is 0 Å². The molecule has 2 aromatic carbocycles. The van der Waals surface area contributed by atoms with Crippen molar-refractivity contribution in [2.45, 2.75) is 52.4 Å². The van der Waals surface area contributed by atoms with Crippen LogP contribution in [0.15, 0.2) is 58.5 Å². The van der Waals surface area contributed by atoms with Gasteiger partial charge in [0.05, 0.1) is 5.69 Å². The van der Waals surface area contributed by atoms with E-state index in [1.807, 2.05) is 30.3 Å². The summed E-state index contributed by atoms with van der Waals surface area (Å²) in [6.07, 6.45) is 7.03. The lowest BCUT2D eigenvalue weighted by molar-refractivity contribution is 0.795. The van der Waals surface area contributed by atoms with E-state index < -0.39 is 0 Å². The van der Waals surface area contributed by atoms with Gasteiger partial charge in [-0.25, -0.2) is 4.99 Å². The van der Waals surface area contributed by atoms with Gasteiger partial charge < -0.3 is 22.9 Å². The minimum Gasteiger partial charge on any atom is -0.399 e. The Morgan fingerprint density at radius 3 is 1.93 bits per heavy atom. The van der Waals surface area contributed by atoms with E-state index in [-0.39, 0.29) is 11.9 Å². The Bertz CT molecular complexity index is 763. The number of aliphatic imine (C=N–C) groups is 2. The molecule has 0 aliphatic carbocycles. The lowest BCUT2D eigenvalue weighted by Crippen LogP contribution is -2.26. The van der Waals surface area contributed by atoms with Crippen LogP contribution in [0, 0.1) is 0 Å². The van der Waals surface area contributed by atoms with Crippen LogP contribution in [0.2, 0.25) is 0 Å². The minimum absolute atomic E-state index is 0.0673. The van der Waals surface area contributed by atoms with Crippen molar-refractivity contribution in [3.05, 3.63) is 59.7 Å². The molecule has 8 N–H and O–H groups in total. The number of hydrogen-bond donors (Lipinski definition) is 4. The van der Waals surface area contributed by atoms with Crippen LogP contribution in [0.1, 0.15) is 50.7 Å². The number of nitrogen functional groups attached to an aromatic ring is 1. The van der Waals surface area contributed by atoms with Crippen molar-refractivity contribution in [2.75, 3.05) is 5.73 Å². The molecule has 0 aliphatic rings. The van der Waals surface area contributed by atoms with Crippen molar-refractivity contribution in [3.63, 3.8) is 0 Å². The van der Waals surface area contributed by atoms with Crippen molar-refractivity contribution in [1.29, 1.82) is 0 Å². The molecular formula is C22H34N6. The molecule has 0 aliphatic heterocycles.